The zero-order chi connectivity index (χ0) is 19.1. The number of benzene rings is 2. The number of nitrogens with one attached hydrogen (secondary N) is 2. The third-order valence-corrected chi connectivity index (χ3v) is 4.02. The van der Waals surface area contributed by atoms with Crippen LogP contribution in [0.3, 0.4) is 0 Å². The molecule has 0 spiro atoms. The molecule has 2 aromatic carbocycles. The highest BCUT2D eigenvalue weighted by Crippen LogP contribution is 2.17. The summed E-state index contributed by atoms with van der Waals surface area (Å²) in [7, 11) is 1.56. The molecule has 0 radical (unpaired) electrons. The number of carbonyl (C=O) groups excluding carboxylic acids is 1. The highest BCUT2D eigenvalue weighted by Gasteiger charge is 2.20. The Bertz CT molecular complexity index is 868. The molecule has 27 heavy (non-hydrogen) atoms. The zero-order valence-electron chi connectivity index (χ0n) is 14.9. The number of rotatable bonds is 7. The maximum atomic E-state index is 13.1. The van der Waals surface area contributed by atoms with Crippen LogP contribution in [0.1, 0.15) is 17.2 Å². The van der Waals surface area contributed by atoms with Crippen molar-refractivity contribution in [2.45, 2.75) is 12.6 Å². The van der Waals surface area contributed by atoms with E-state index in [-0.39, 0.29) is 11.7 Å². The van der Waals surface area contributed by atoms with Crippen molar-refractivity contribution in [1.82, 2.24) is 10.3 Å². The van der Waals surface area contributed by atoms with Gasteiger partial charge in [0.15, 0.2) is 0 Å². The van der Waals surface area contributed by atoms with Crippen molar-refractivity contribution >= 4 is 11.6 Å². The molecule has 5 nitrogen and oxygen atoms in total. The smallest absolute Gasteiger partial charge is 0.246 e. The van der Waals surface area contributed by atoms with E-state index in [0.29, 0.717) is 18.1 Å². The van der Waals surface area contributed by atoms with Crippen molar-refractivity contribution in [3.8, 4) is 5.88 Å². The second-order valence-electron chi connectivity index (χ2n) is 5.93. The monoisotopic (exact) mass is 365 g/mol. The zero-order valence-corrected chi connectivity index (χ0v) is 14.9. The number of methoxy groups -OCH3 is 1. The molecule has 0 aliphatic carbocycles. The van der Waals surface area contributed by atoms with E-state index in [1.54, 1.807) is 19.4 Å². The fourth-order valence-corrected chi connectivity index (χ4v) is 2.61. The average Bonchev–Trinajstić information content (AvgIpc) is 2.71. The van der Waals surface area contributed by atoms with Crippen LogP contribution in [-0.2, 0) is 11.3 Å². The Balaban J connectivity index is 1.74. The summed E-state index contributed by atoms with van der Waals surface area (Å²) in [5.74, 6) is -0.0422. The first kappa shape index (κ1) is 18.5. The number of pyridine rings is 1. The van der Waals surface area contributed by atoms with Gasteiger partial charge in [-0.15, -0.1) is 0 Å². The predicted octanol–water partition coefficient (Wildman–Crippen LogP) is 3.70. The van der Waals surface area contributed by atoms with Crippen LogP contribution in [0.5, 0.6) is 5.88 Å². The first-order valence-electron chi connectivity index (χ1n) is 8.49. The lowest BCUT2D eigenvalue weighted by Crippen LogP contribution is -2.32. The number of halogens is 1. The number of ether oxygens (including phenoxy) is 1. The number of amides is 1. The minimum Gasteiger partial charge on any atom is -0.481 e. The number of aromatic nitrogens is 1. The van der Waals surface area contributed by atoms with Crippen molar-refractivity contribution in [3.63, 3.8) is 0 Å². The Morgan fingerprint density at radius 1 is 1.07 bits per heavy atom. The largest absolute Gasteiger partial charge is 0.481 e. The van der Waals surface area contributed by atoms with E-state index in [4.69, 9.17) is 4.74 Å². The van der Waals surface area contributed by atoms with Gasteiger partial charge in [-0.25, -0.2) is 9.37 Å². The molecule has 0 unspecified atom stereocenters. The lowest BCUT2D eigenvalue weighted by Gasteiger charge is -2.19. The molecular formula is C21H20FN3O2. The van der Waals surface area contributed by atoms with Gasteiger partial charge in [-0.05, 0) is 35.4 Å². The summed E-state index contributed by atoms with van der Waals surface area (Å²) in [6.45, 7) is 0.452. The van der Waals surface area contributed by atoms with Gasteiger partial charge in [-0.3, -0.25) is 10.1 Å². The summed E-state index contributed by atoms with van der Waals surface area (Å²) in [5.41, 5.74) is 2.29. The van der Waals surface area contributed by atoms with E-state index in [0.717, 1.165) is 11.1 Å². The maximum absolute atomic E-state index is 13.1. The van der Waals surface area contributed by atoms with Crippen LogP contribution in [-0.4, -0.2) is 18.0 Å². The Hall–Kier alpha value is -3.25. The second kappa shape index (κ2) is 8.91. The topological polar surface area (TPSA) is 63.2 Å². The van der Waals surface area contributed by atoms with Crippen LogP contribution >= 0.6 is 0 Å². The molecule has 0 saturated heterocycles. The van der Waals surface area contributed by atoms with Crippen LogP contribution in [0.15, 0.2) is 72.9 Å². The van der Waals surface area contributed by atoms with E-state index in [1.807, 2.05) is 36.4 Å². The molecular weight excluding hydrogens is 345 g/mol. The quantitative estimate of drug-likeness (QED) is 0.670. The fourth-order valence-electron chi connectivity index (χ4n) is 2.61. The van der Waals surface area contributed by atoms with Crippen molar-refractivity contribution in [2.75, 3.05) is 12.4 Å². The molecule has 0 aliphatic heterocycles. The highest BCUT2D eigenvalue weighted by molar-refractivity contribution is 5.95. The van der Waals surface area contributed by atoms with E-state index < -0.39 is 6.04 Å². The molecule has 2 N–H and O–H groups in total. The molecule has 1 atom stereocenters. The standard InChI is InChI=1S/C21H20FN3O2/c1-27-19-12-7-15(13-23-19)14-24-20(16-5-3-2-4-6-16)21(26)25-18-10-8-17(22)9-11-18/h2-13,20,24H,14H2,1H3,(H,25,26)/t20-/m0/s1. The molecule has 1 heterocycles. The molecule has 1 amide bonds. The molecule has 1 aromatic heterocycles. The average molecular weight is 365 g/mol. The fraction of sp³-hybridized carbons (Fsp3) is 0.143. The Labute approximate surface area is 157 Å². The Morgan fingerprint density at radius 3 is 2.44 bits per heavy atom. The maximum Gasteiger partial charge on any atom is 0.246 e. The van der Waals surface area contributed by atoms with Gasteiger partial charge in [0, 0.05) is 24.5 Å². The van der Waals surface area contributed by atoms with Gasteiger partial charge in [-0.1, -0.05) is 36.4 Å². The van der Waals surface area contributed by atoms with Crippen molar-refractivity contribution in [3.05, 3.63) is 89.9 Å². The summed E-state index contributed by atoms with van der Waals surface area (Å²) in [5, 5.41) is 6.07. The van der Waals surface area contributed by atoms with Gasteiger partial charge in [0.25, 0.3) is 0 Å². The summed E-state index contributed by atoms with van der Waals surface area (Å²) >= 11 is 0. The Kier molecular flexibility index (Phi) is 6.12. The number of carbonyl (C=O) groups is 1. The van der Waals surface area contributed by atoms with Crippen LogP contribution in [0.4, 0.5) is 10.1 Å². The van der Waals surface area contributed by atoms with Crippen LogP contribution in [0.25, 0.3) is 0 Å². The van der Waals surface area contributed by atoms with Gasteiger partial charge >= 0.3 is 0 Å². The molecule has 3 aromatic rings. The lowest BCUT2D eigenvalue weighted by molar-refractivity contribution is -0.118. The SMILES string of the molecule is COc1ccc(CN[C@H](C(=O)Nc2ccc(F)cc2)c2ccccc2)cn1. The number of anilines is 1. The first-order chi connectivity index (χ1) is 13.2. The van der Waals surface area contributed by atoms with Crippen molar-refractivity contribution < 1.29 is 13.9 Å². The third-order valence-electron chi connectivity index (χ3n) is 4.02. The van der Waals surface area contributed by atoms with E-state index in [9.17, 15) is 9.18 Å². The van der Waals surface area contributed by atoms with E-state index in [1.165, 1.54) is 24.3 Å². The lowest BCUT2D eigenvalue weighted by atomic mass is 10.1. The summed E-state index contributed by atoms with van der Waals surface area (Å²) in [6.07, 6.45) is 1.70. The van der Waals surface area contributed by atoms with Crippen LogP contribution in [0.2, 0.25) is 0 Å². The summed E-state index contributed by atoms with van der Waals surface area (Å²) in [4.78, 5) is 17.0. The first-order valence-corrected chi connectivity index (χ1v) is 8.49. The van der Waals surface area contributed by atoms with E-state index in [2.05, 4.69) is 15.6 Å². The molecule has 0 saturated carbocycles. The molecule has 138 valence electrons. The number of nitrogens with zero attached hydrogens (tertiary/aromatic N) is 1. The van der Waals surface area contributed by atoms with Gasteiger partial charge < -0.3 is 10.1 Å². The van der Waals surface area contributed by atoms with Crippen LogP contribution < -0.4 is 15.4 Å². The van der Waals surface area contributed by atoms with Gasteiger partial charge in [-0.2, -0.15) is 0 Å². The minimum absolute atomic E-state index is 0.228. The van der Waals surface area contributed by atoms with Gasteiger partial charge in [0.1, 0.15) is 11.9 Å². The normalized spacial score (nSPS) is 11.6. The molecule has 3 rings (SSSR count). The number of hydrogen-bond acceptors (Lipinski definition) is 4. The summed E-state index contributed by atoms with van der Waals surface area (Å²) in [6, 6.07) is 18.2. The van der Waals surface area contributed by atoms with Gasteiger partial charge in [0.05, 0.1) is 7.11 Å². The van der Waals surface area contributed by atoms with E-state index >= 15 is 0 Å². The minimum atomic E-state index is -0.571. The molecule has 0 bridgehead atoms. The molecule has 0 fully saturated rings. The predicted molar refractivity (Wildman–Crippen MR) is 102 cm³/mol. The molecule has 0 aliphatic rings. The number of hydrogen-bond donors (Lipinski definition) is 2. The third kappa shape index (κ3) is 5.12. The highest BCUT2D eigenvalue weighted by atomic mass is 19.1. The van der Waals surface area contributed by atoms with Crippen molar-refractivity contribution in [2.24, 2.45) is 0 Å². The summed E-state index contributed by atoms with van der Waals surface area (Å²) < 4.78 is 18.1. The van der Waals surface area contributed by atoms with Gasteiger partial charge in [0.2, 0.25) is 11.8 Å². The molecule has 6 heteroatoms. The van der Waals surface area contributed by atoms with Crippen LogP contribution in [0, 0.1) is 5.82 Å². The Morgan fingerprint density at radius 2 is 1.81 bits per heavy atom. The van der Waals surface area contributed by atoms with Crippen molar-refractivity contribution in [1.29, 1.82) is 0 Å². The second-order valence-corrected chi connectivity index (χ2v) is 5.93.